The Kier molecular flexibility index (Phi) is 4.55. The Morgan fingerprint density at radius 3 is 2.05 bits per heavy atom. The lowest BCUT2D eigenvalue weighted by atomic mass is 9.95. The molecule has 0 fully saturated rings. The molecule has 0 spiro atoms. The molecule has 1 atom stereocenters. The van der Waals surface area contributed by atoms with Gasteiger partial charge in [0.15, 0.2) is 6.17 Å². The minimum absolute atomic E-state index is 0.0491. The number of nitrogens with zero attached hydrogens (tertiary/aromatic N) is 3. The van der Waals surface area contributed by atoms with Gasteiger partial charge in [-0.25, -0.2) is 0 Å². The summed E-state index contributed by atoms with van der Waals surface area (Å²) in [4.78, 5) is 0.975. The second-order valence-electron chi connectivity index (χ2n) is 6.12. The zero-order valence-corrected chi connectivity index (χ0v) is 12.0. The predicted octanol–water partition coefficient (Wildman–Crippen LogP) is 3.53. The molecule has 0 radical (unpaired) electrons. The number of rotatable bonds is 4. The molecule has 0 aromatic rings. The maximum Gasteiger partial charge on any atom is 0.457 e. The van der Waals surface area contributed by atoms with Gasteiger partial charge in [0, 0.05) is 13.1 Å². The third kappa shape index (κ3) is 3.52. The molecule has 1 rings (SSSR count). The van der Waals surface area contributed by atoms with Crippen molar-refractivity contribution in [3.63, 3.8) is 0 Å². The molecule has 1 heterocycles. The molecule has 0 bridgehead atoms. The van der Waals surface area contributed by atoms with Crippen LogP contribution in [0, 0.1) is 5.41 Å². The Morgan fingerprint density at radius 2 is 1.65 bits per heavy atom. The Hall–Kier alpha value is -1.08. The van der Waals surface area contributed by atoms with E-state index in [-0.39, 0.29) is 13.1 Å². The van der Waals surface area contributed by atoms with Gasteiger partial charge in [-0.15, -0.1) is 0 Å². The van der Waals surface area contributed by atoms with E-state index in [1.54, 1.807) is 27.7 Å². The first-order valence-corrected chi connectivity index (χ1v) is 6.41. The first-order valence-electron chi connectivity index (χ1n) is 6.41. The summed E-state index contributed by atoms with van der Waals surface area (Å²) in [7, 11) is 0. The zero-order valence-electron chi connectivity index (χ0n) is 12.0. The van der Waals surface area contributed by atoms with E-state index in [9.17, 15) is 22.0 Å². The molecular weight excluding hydrogens is 281 g/mol. The van der Waals surface area contributed by atoms with E-state index in [1.807, 2.05) is 0 Å². The van der Waals surface area contributed by atoms with Crippen LogP contribution in [-0.2, 0) is 0 Å². The Balaban J connectivity index is 3.05. The lowest BCUT2D eigenvalue weighted by Gasteiger charge is -2.39. The van der Waals surface area contributed by atoms with Gasteiger partial charge < -0.3 is 4.90 Å². The van der Waals surface area contributed by atoms with Gasteiger partial charge in [-0.1, -0.05) is 27.7 Å². The molecule has 0 aromatic carbocycles. The number of alkyl halides is 5. The number of hydrogen-bond acceptors (Lipinski definition) is 3. The highest BCUT2D eigenvalue weighted by Gasteiger charge is 2.66. The average molecular weight is 301 g/mol. The van der Waals surface area contributed by atoms with Gasteiger partial charge in [0.25, 0.3) is 0 Å². The first kappa shape index (κ1) is 17.0. The van der Waals surface area contributed by atoms with Crippen LogP contribution in [0.15, 0.2) is 5.10 Å². The van der Waals surface area contributed by atoms with Crippen molar-refractivity contribution in [3.8, 4) is 0 Å². The fraction of sp³-hybridized carbons (Fsp3) is 0.917. The van der Waals surface area contributed by atoms with Crippen LogP contribution in [0.1, 0.15) is 34.1 Å². The van der Waals surface area contributed by atoms with E-state index in [4.69, 9.17) is 0 Å². The van der Waals surface area contributed by atoms with E-state index in [2.05, 4.69) is 5.10 Å². The van der Waals surface area contributed by atoms with Crippen LogP contribution in [-0.4, -0.2) is 47.6 Å². The summed E-state index contributed by atoms with van der Waals surface area (Å²) >= 11 is 0. The van der Waals surface area contributed by atoms with Crippen molar-refractivity contribution in [1.29, 1.82) is 0 Å². The van der Waals surface area contributed by atoms with Crippen molar-refractivity contribution >= 4 is 6.34 Å². The summed E-state index contributed by atoms with van der Waals surface area (Å²) in [6.07, 6.45) is -6.20. The monoisotopic (exact) mass is 301 g/mol. The minimum Gasteiger partial charge on any atom is -0.334 e. The van der Waals surface area contributed by atoms with Crippen LogP contribution in [0.3, 0.4) is 0 Å². The topological polar surface area (TPSA) is 18.8 Å². The molecule has 1 unspecified atom stereocenters. The zero-order chi connectivity index (χ0) is 15.8. The molecule has 0 aromatic heterocycles. The number of halogens is 5. The molecule has 1 aliphatic heterocycles. The van der Waals surface area contributed by atoms with Gasteiger partial charge in [-0.05, 0) is 11.8 Å². The highest BCUT2D eigenvalue weighted by molar-refractivity contribution is 5.57. The number of hydrogen-bond donors (Lipinski definition) is 0. The molecule has 0 N–H and O–H groups in total. The molecule has 0 aliphatic carbocycles. The fourth-order valence-electron chi connectivity index (χ4n) is 2.06. The van der Waals surface area contributed by atoms with Crippen molar-refractivity contribution in [3.05, 3.63) is 0 Å². The number of hydrazone groups is 1. The maximum atomic E-state index is 13.7. The smallest absolute Gasteiger partial charge is 0.334 e. The molecule has 1 aliphatic rings. The third-order valence-corrected chi connectivity index (χ3v) is 2.76. The van der Waals surface area contributed by atoms with E-state index in [1.165, 1.54) is 0 Å². The fourth-order valence-corrected chi connectivity index (χ4v) is 2.06. The van der Waals surface area contributed by atoms with Crippen molar-refractivity contribution < 1.29 is 22.0 Å². The van der Waals surface area contributed by atoms with E-state index in [0.29, 0.717) is 6.42 Å². The van der Waals surface area contributed by atoms with Crippen molar-refractivity contribution in [1.82, 2.24) is 9.91 Å². The highest BCUT2D eigenvalue weighted by atomic mass is 19.4. The quantitative estimate of drug-likeness (QED) is 0.740. The van der Waals surface area contributed by atoms with Gasteiger partial charge >= 0.3 is 12.1 Å². The van der Waals surface area contributed by atoms with E-state index in [0.717, 1.165) is 16.2 Å². The lowest BCUT2D eigenvalue weighted by molar-refractivity contribution is -0.314. The molecule has 0 saturated carbocycles. The summed E-state index contributed by atoms with van der Waals surface area (Å²) in [5, 5.41) is 4.53. The Labute approximate surface area is 115 Å². The SMILES string of the molecule is CCCN1N=CN(CC(C)(C)C)C1C(F)(F)C(F)(F)F. The van der Waals surface area contributed by atoms with Crippen molar-refractivity contribution in [2.24, 2.45) is 10.5 Å². The van der Waals surface area contributed by atoms with Crippen LogP contribution in [0.25, 0.3) is 0 Å². The summed E-state index contributed by atoms with van der Waals surface area (Å²) in [5.74, 6) is -4.84. The second-order valence-corrected chi connectivity index (χ2v) is 6.12. The van der Waals surface area contributed by atoms with Crippen LogP contribution in [0.5, 0.6) is 0 Å². The molecule has 0 saturated heterocycles. The van der Waals surface area contributed by atoms with Gasteiger partial charge in [-0.3, -0.25) is 5.01 Å². The van der Waals surface area contributed by atoms with Crippen LogP contribution >= 0.6 is 0 Å². The van der Waals surface area contributed by atoms with Crippen LogP contribution in [0.4, 0.5) is 22.0 Å². The largest absolute Gasteiger partial charge is 0.457 e. The maximum absolute atomic E-state index is 13.7. The summed E-state index contributed by atoms with van der Waals surface area (Å²) in [5.41, 5.74) is -0.422. The average Bonchev–Trinajstić information content (AvgIpc) is 2.57. The van der Waals surface area contributed by atoms with Crippen LogP contribution < -0.4 is 0 Å². The van der Waals surface area contributed by atoms with Gasteiger partial charge in [0.1, 0.15) is 6.34 Å². The van der Waals surface area contributed by atoms with E-state index >= 15 is 0 Å². The summed E-state index contributed by atoms with van der Waals surface area (Å²) in [6, 6.07) is 0. The highest BCUT2D eigenvalue weighted by Crippen LogP contribution is 2.43. The second kappa shape index (κ2) is 5.37. The molecule has 0 amide bonds. The third-order valence-electron chi connectivity index (χ3n) is 2.76. The van der Waals surface area contributed by atoms with Gasteiger partial charge in [0.2, 0.25) is 0 Å². The van der Waals surface area contributed by atoms with E-state index < -0.39 is 23.7 Å². The van der Waals surface area contributed by atoms with Crippen LogP contribution in [0.2, 0.25) is 0 Å². The molecule has 8 heteroatoms. The predicted molar refractivity (Wildman–Crippen MR) is 66.4 cm³/mol. The minimum atomic E-state index is -5.60. The van der Waals surface area contributed by atoms with Gasteiger partial charge in [0.05, 0.1) is 0 Å². The lowest BCUT2D eigenvalue weighted by Crippen LogP contribution is -2.60. The Bertz CT molecular complexity index is 359. The summed E-state index contributed by atoms with van der Waals surface area (Å²) < 4.78 is 65.4. The molecule has 118 valence electrons. The molecule has 3 nitrogen and oxygen atoms in total. The summed E-state index contributed by atoms with van der Waals surface area (Å²) in [6.45, 7) is 7.12. The van der Waals surface area contributed by atoms with Gasteiger partial charge in [-0.2, -0.15) is 27.1 Å². The Morgan fingerprint density at radius 1 is 1.10 bits per heavy atom. The van der Waals surface area contributed by atoms with Crippen molar-refractivity contribution in [2.75, 3.05) is 13.1 Å². The molecular formula is C12H20F5N3. The molecule has 20 heavy (non-hydrogen) atoms. The normalized spacial score (nSPS) is 20.9. The standard InChI is InChI=1S/C12H20F5N3/c1-5-6-20-9(11(13,14)12(15,16)17)19(8-18-20)7-10(2,3)4/h8-9H,5-7H2,1-4H3. The first-order chi connectivity index (χ1) is 8.90. The van der Waals surface area contributed by atoms with Crippen molar-refractivity contribution in [2.45, 2.75) is 52.4 Å².